The van der Waals surface area contributed by atoms with Gasteiger partial charge >= 0.3 is 30.2 Å². The Kier molecular flexibility index (Phi) is 11.1. The second-order valence-corrected chi connectivity index (χ2v) is 16.0. The molecule has 0 saturated carbocycles. The van der Waals surface area contributed by atoms with E-state index in [9.17, 15) is 29.1 Å². The number of hydrogen-bond acceptors (Lipinski definition) is 15. The van der Waals surface area contributed by atoms with Gasteiger partial charge in [-0.05, 0) is 99.0 Å². The zero-order chi connectivity index (χ0) is 39.1. The lowest BCUT2D eigenvalue weighted by molar-refractivity contribution is -0.179. The Labute approximate surface area is 309 Å². The number of hydrogen-bond donors (Lipinski definition) is 1. The van der Waals surface area contributed by atoms with Crippen molar-refractivity contribution in [2.24, 2.45) is 0 Å². The molecule has 0 amide bonds. The number of likely N-dealkylation sites (tertiary alicyclic amines) is 1. The molecule has 15 nitrogen and oxygen atoms in total. The molecule has 292 valence electrons. The summed E-state index contributed by atoms with van der Waals surface area (Å²) in [5.41, 5.74) is -2.59. The average Bonchev–Trinajstić information content (AvgIpc) is 3.39. The molecule has 1 spiro atoms. The highest BCUT2D eigenvalue weighted by Gasteiger charge is 2.72. The fourth-order valence-electron chi connectivity index (χ4n) is 7.47. The predicted octanol–water partition coefficient (Wildman–Crippen LogP) is 4.81. The summed E-state index contributed by atoms with van der Waals surface area (Å²) < 4.78 is 44.2. The molecule has 1 aromatic rings. The van der Waals surface area contributed by atoms with Crippen LogP contribution in [-0.4, -0.2) is 102 Å². The highest BCUT2D eigenvalue weighted by Crippen LogP contribution is 2.65. The summed E-state index contributed by atoms with van der Waals surface area (Å²) in [5.74, 6) is -2.57. The summed E-state index contributed by atoms with van der Waals surface area (Å²) in [7, 11) is 1.95. The molecule has 6 atom stereocenters. The van der Waals surface area contributed by atoms with Gasteiger partial charge in [0.15, 0.2) is 23.7 Å². The first kappa shape index (κ1) is 39.8. The highest BCUT2D eigenvalue weighted by molar-refractivity contribution is 5.86. The zero-order valence-corrected chi connectivity index (χ0v) is 31.9. The lowest BCUT2D eigenvalue weighted by Crippen LogP contribution is -2.74. The van der Waals surface area contributed by atoms with Crippen LogP contribution in [0.25, 0.3) is 0 Å². The van der Waals surface area contributed by atoms with Gasteiger partial charge in [0.1, 0.15) is 17.0 Å². The van der Waals surface area contributed by atoms with Crippen molar-refractivity contribution in [3.63, 3.8) is 0 Å². The van der Waals surface area contributed by atoms with E-state index >= 15 is 0 Å². The van der Waals surface area contributed by atoms with Crippen molar-refractivity contribution in [3.05, 3.63) is 35.1 Å². The molecule has 2 heterocycles. The first-order chi connectivity index (χ1) is 24.7. The van der Waals surface area contributed by atoms with Gasteiger partial charge in [0.25, 0.3) is 0 Å². The third kappa shape index (κ3) is 8.10. The minimum absolute atomic E-state index is 0.0826. The maximum atomic E-state index is 13.6. The van der Waals surface area contributed by atoms with Crippen LogP contribution in [0.1, 0.15) is 98.6 Å². The Hall–Kier alpha value is -4.37. The van der Waals surface area contributed by atoms with E-state index in [4.69, 9.17) is 37.9 Å². The number of likely N-dealkylation sites (N-methyl/N-ethyl adjacent to an activating group) is 1. The largest absolute Gasteiger partial charge is 0.514 e. The second kappa shape index (κ2) is 14.8. The predicted molar refractivity (Wildman–Crippen MR) is 185 cm³/mol. The van der Waals surface area contributed by atoms with Crippen LogP contribution in [0.15, 0.2) is 24.0 Å². The summed E-state index contributed by atoms with van der Waals surface area (Å²) in [6, 6.07) is 3.18. The summed E-state index contributed by atoms with van der Waals surface area (Å²) in [6.07, 6.45) is -3.15. The van der Waals surface area contributed by atoms with Crippen LogP contribution in [-0.2, 0) is 54.6 Å². The smallest absolute Gasteiger partial charge is 0.477 e. The topological polar surface area (TPSA) is 183 Å². The molecule has 5 rings (SSSR count). The van der Waals surface area contributed by atoms with Crippen molar-refractivity contribution in [2.45, 2.75) is 140 Å². The van der Waals surface area contributed by atoms with E-state index < -0.39 is 77.2 Å². The van der Waals surface area contributed by atoms with E-state index in [0.29, 0.717) is 31.4 Å². The second-order valence-electron chi connectivity index (χ2n) is 16.0. The third-order valence-electron chi connectivity index (χ3n) is 9.77. The first-order valence-corrected chi connectivity index (χ1v) is 18.0. The summed E-state index contributed by atoms with van der Waals surface area (Å²) >= 11 is 0. The quantitative estimate of drug-likeness (QED) is 0.141. The van der Waals surface area contributed by atoms with Crippen LogP contribution in [0.4, 0.5) is 9.59 Å². The molecule has 2 aliphatic heterocycles. The van der Waals surface area contributed by atoms with E-state index in [1.54, 1.807) is 53.7 Å². The average molecular weight is 746 g/mol. The van der Waals surface area contributed by atoms with Crippen LogP contribution in [0, 0.1) is 0 Å². The van der Waals surface area contributed by atoms with Gasteiger partial charge in [-0.2, -0.15) is 0 Å². The van der Waals surface area contributed by atoms with Crippen LogP contribution in [0.2, 0.25) is 0 Å². The molecule has 2 bridgehead atoms. The number of carbonyl (C=O) groups excluding carboxylic acids is 5. The fourth-order valence-corrected chi connectivity index (χ4v) is 7.47. The summed E-state index contributed by atoms with van der Waals surface area (Å²) in [4.78, 5) is 66.6. The molecule has 0 unspecified atom stereocenters. The van der Waals surface area contributed by atoms with E-state index in [-0.39, 0.29) is 36.3 Å². The first-order valence-electron chi connectivity index (χ1n) is 18.0. The van der Waals surface area contributed by atoms with Crippen LogP contribution < -0.4 is 9.47 Å². The highest BCUT2D eigenvalue weighted by atomic mass is 16.7. The lowest BCUT2D eigenvalue weighted by Gasteiger charge is -2.61. The Bertz CT molecular complexity index is 1660. The van der Waals surface area contributed by atoms with Crippen molar-refractivity contribution in [3.8, 4) is 11.5 Å². The van der Waals surface area contributed by atoms with E-state index in [2.05, 4.69) is 4.90 Å². The maximum absolute atomic E-state index is 13.6. The molecule has 15 heteroatoms. The minimum Gasteiger partial charge on any atom is -0.477 e. The van der Waals surface area contributed by atoms with Gasteiger partial charge in [-0.3, -0.25) is 4.79 Å². The molecular weight excluding hydrogens is 694 g/mol. The van der Waals surface area contributed by atoms with Gasteiger partial charge in [-0.15, -0.1) is 0 Å². The number of nitrogens with zero attached hydrogens (tertiary/aromatic N) is 1. The molecule has 1 aromatic carbocycles. The molecule has 2 aliphatic carbocycles. The van der Waals surface area contributed by atoms with E-state index in [1.807, 2.05) is 20.0 Å². The Morgan fingerprint density at radius 1 is 0.981 bits per heavy atom. The number of rotatable bonds is 11. The molecule has 1 saturated heterocycles. The molecular formula is C38H51NO14. The Morgan fingerprint density at radius 3 is 2.32 bits per heavy atom. The van der Waals surface area contributed by atoms with Crippen molar-refractivity contribution in [2.75, 3.05) is 20.2 Å². The third-order valence-corrected chi connectivity index (χ3v) is 9.77. The van der Waals surface area contributed by atoms with Gasteiger partial charge in [0, 0.05) is 18.0 Å². The molecule has 1 fully saturated rings. The van der Waals surface area contributed by atoms with Crippen molar-refractivity contribution >= 4 is 30.2 Å². The van der Waals surface area contributed by atoms with Crippen molar-refractivity contribution in [1.29, 1.82) is 0 Å². The van der Waals surface area contributed by atoms with Crippen LogP contribution >= 0.6 is 0 Å². The molecule has 1 N–H and O–H groups in total. The van der Waals surface area contributed by atoms with Gasteiger partial charge in [0.05, 0.1) is 24.0 Å². The number of unbranched alkanes of at least 4 members (excludes halogenated alkanes) is 1. The van der Waals surface area contributed by atoms with E-state index in [1.165, 1.54) is 6.92 Å². The Morgan fingerprint density at radius 2 is 1.66 bits per heavy atom. The number of ether oxygens (including phenoxy) is 8. The maximum Gasteiger partial charge on any atom is 0.514 e. The van der Waals surface area contributed by atoms with E-state index in [0.717, 1.165) is 12.0 Å². The number of carbonyl (C=O) groups is 5. The SMILES string of the molecule is CCCCOC(=O)C[C@H](OC(=O)OC(C)(C)C)C(=O)O[C@@H](C)C(=O)OC1=CC[C@@]2(O)[C@H]3Cc4ccc(OC(=O)OC(C)(C)C)c5c4[C@@]2(CCN3C)[C@H]1O5. The standard InChI is InChI=1S/C38H51NO14/c1-10-11-18-46-27(40)20-25(50-34(44)53-36(6,7)8)32(42)47-21(2)31(41)48-24-14-15-38(45)26-19-22-12-13-23(49-33(43)52-35(3,4)5)29-28(22)37(38,30(24)51-29)16-17-39(26)9/h12-14,21,25-26,30,45H,10-11,15-20H2,1-9H3/t21-,25-,26+,30-,37-,38+/m0/s1. The molecule has 53 heavy (non-hydrogen) atoms. The number of benzene rings is 1. The van der Waals surface area contributed by atoms with Crippen molar-refractivity contribution in [1.82, 2.24) is 4.90 Å². The minimum atomic E-state index is -1.77. The summed E-state index contributed by atoms with van der Waals surface area (Å²) in [5, 5.41) is 12.5. The molecule has 4 aliphatic rings. The number of piperidine rings is 1. The van der Waals surface area contributed by atoms with Gasteiger partial charge < -0.3 is 47.9 Å². The van der Waals surface area contributed by atoms with Crippen LogP contribution in [0.3, 0.4) is 0 Å². The van der Waals surface area contributed by atoms with Gasteiger partial charge in [-0.1, -0.05) is 19.4 Å². The molecule has 0 radical (unpaired) electrons. The monoisotopic (exact) mass is 745 g/mol. The van der Waals surface area contributed by atoms with Gasteiger partial charge in [-0.25, -0.2) is 19.2 Å². The fraction of sp³-hybridized carbons (Fsp3) is 0.658. The van der Waals surface area contributed by atoms with Gasteiger partial charge in [0.2, 0.25) is 6.10 Å². The molecule has 0 aromatic heterocycles. The lowest BCUT2D eigenvalue weighted by atomic mass is 9.50. The van der Waals surface area contributed by atoms with Crippen LogP contribution in [0.5, 0.6) is 11.5 Å². The normalized spacial score (nSPS) is 25.4. The number of aliphatic hydroxyl groups is 1. The zero-order valence-electron chi connectivity index (χ0n) is 31.9. The Balaban J connectivity index is 1.37. The van der Waals surface area contributed by atoms with Crippen molar-refractivity contribution < 1.29 is 67.0 Å². The summed E-state index contributed by atoms with van der Waals surface area (Å²) in [6.45, 7) is 13.8. The number of esters is 3.